The van der Waals surface area contributed by atoms with Gasteiger partial charge in [0, 0.05) is 12.7 Å². The molecule has 2 rings (SSSR count). The van der Waals surface area contributed by atoms with E-state index in [1.54, 1.807) is 0 Å². The predicted octanol–water partition coefficient (Wildman–Crippen LogP) is 1.01. The van der Waals surface area contributed by atoms with Gasteiger partial charge in [-0.15, -0.1) is 0 Å². The second kappa shape index (κ2) is 5.24. The molecule has 0 aliphatic heterocycles. The highest BCUT2D eigenvalue weighted by atomic mass is 16.5. The van der Waals surface area contributed by atoms with Crippen LogP contribution in [0.25, 0.3) is 0 Å². The summed E-state index contributed by atoms with van der Waals surface area (Å²) in [6.07, 6.45) is 3.92. The van der Waals surface area contributed by atoms with Crippen molar-refractivity contribution in [1.82, 2.24) is 4.57 Å². The third-order valence-corrected chi connectivity index (χ3v) is 3.33. The summed E-state index contributed by atoms with van der Waals surface area (Å²) in [5.74, 6) is -1.24. The van der Waals surface area contributed by atoms with E-state index >= 15 is 0 Å². The SMILES string of the molecule is N#CC1(OCCn2cccc(C(=O)O)c2=O)CCC1. The standard InChI is InChI=1S/C13H14N2O4/c14-9-13(4-2-5-13)19-8-7-15-6-1-3-10(11(15)16)12(17)18/h1,3,6H,2,4-5,7-8H2,(H,17,18). The molecule has 0 atom stereocenters. The highest BCUT2D eigenvalue weighted by molar-refractivity contribution is 5.86. The number of pyridine rings is 1. The average molecular weight is 262 g/mol. The second-order valence-corrected chi connectivity index (χ2v) is 4.53. The van der Waals surface area contributed by atoms with Gasteiger partial charge in [0.05, 0.1) is 12.7 Å². The van der Waals surface area contributed by atoms with E-state index in [4.69, 9.17) is 15.1 Å². The molecule has 0 saturated heterocycles. The molecule has 0 radical (unpaired) electrons. The smallest absolute Gasteiger partial charge is 0.341 e. The van der Waals surface area contributed by atoms with E-state index in [1.807, 2.05) is 0 Å². The molecular weight excluding hydrogens is 248 g/mol. The van der Waals surface area contributed by atoms with Crippen LogP contribution in [-0.4, -0.2) is 27.9 Å². The average Bonchev–Trinajstić information content (AvgIpc) is 2.34. The molecule has 1 heterocycles. The fraction of sp³-hybridized carbons (Fsp3) is 0.462. The van der Waals surface area contributed by atoms with Crippen LogP contribution in [0.15, 0.2) is 23.1 Å². The van der Waals surface area contributed by atoms with E-state index in [-0.39, 0.29) is 18.7 Å². The van der Waals surface area contributed by atoms with Crippen molar-refractivity contribution in [2.24, 2.45) is 0 Å². The lowest BCUT2D eigenvalue weighted by molar-refractivity contribution is -0.0589. The van der Waals surface area contributed by atoms with Crippen LogP contribution in [0.4, 0.5) is 0 Å². The quantitative estimate of drug-likeness (QED) is 0.854. The van der Waals surface area contributed by atoms with E-state index < -0.39 is 17.1 Å². The van der Waals surface area contributed by atoms with Gasteiger partial charge >= 0.3 is 5.97 Å². The van der Waals surface area contributed by atoms with Crippen LogP contribution in [0.3, 0.4) is 0 Å². The Morgan fingerprint density at radius 1 is 1.58 bits per heavy atom. The number of carboxylic acid groups (broad SMARTS) is 1. The van der Waals surface area contributed by atoms with E-state index in [2.05, 4.69) is 6.07 Å². The van der Waals surface area contributed by atoms with Crippen LogP contribution in [0, 0.1) is 11.3 Å². The summed E-state index contributed by atoms with van der Waals surface area (Å²) in [5.41, 5.74) is -1.52. The largest absolute Gasteiger partial charge is 0.477 e. The Kier molecular flexibility index (Phi) is 3.67. The van der Waals surface area contributed by atoms with Gasteiger partial charge in [-0.2, -0.15) is 5.26 Å². The number of ether oxygens (including phenoxy) is 1. The first-order valence-corrected chi connectivity index (χ1v) is 6.06. The zero-order valence-electron chi connectivity index (χ0n) is 10.3. The van der Waals surface area contributed by atoms with E-state index in [0.29, 0.717) is 12.8 Å². The van der Waals surface area contributed by atoms with Crippen molar-refractivity contribution in [3.8, 4) is 6.07 Å². The Hall–Kier alpha value is -2.13. The van der Waals surface area contributed by atoms with Crippen LogP contribution >= 0.6 is 0 Å². The summed E-state index contributed by atoms with van der Waals surface area (Å²) < 4.78 is 6.79. The Bertz CT molecular complexity index is 581. The van der Waals surface area contributed by atoms with Gasteiger partial charge in [0.1, 0.15) is 5.56 Å². The number of hydrogen-bond donors (Lipinski definition) is 1. The van der Waals surface area contributed by atoms with Gasteiger partial charge in [-0.05, 0) is 31.4 Å². The monoisotopic (exact) mass is 262 g/mol. The zero-order valence-corrected chi connectivity index (χ0v) is 10.3. The Balaban J connectivity index is 2.01. The summed E-state index contributed by atoms with van der Waals surface area (Å²) in [4.78, 5) is 22.6. The predicted molar refractivity (Wildman–Crippen MR) is 65.8 cm³/mol. The number of aromatic nitrogens is 1. The topological polar surface area (TPSA) is 92.3 Å². The van der Waals surface area contributed by atoms with Crippen molar-refractivity contribution < 1.29 is 14.6 Å². The maximum absolute atomic E-state index is 11.8. The molecule has 1 aliphatic rings. The number of rotatable bonds is 5. The molecule has 1 N–H and O–H groups in total. The maximum atomic E-state index is 11.8. The van der Waals surface area contributed by atoms with Crippen molar-refractivity contribution >= 4 is 5.97 Å². The van der Waals surface area contributed by atoms with Crippen LogP contribution < -0.4 is 5.56 Å². The van der Waals surface area contributed by atoms with E-state index in [0.717, 1.165) is 6.42 Å². The van der Waals surface area contributed by atoms with Gasteiger partial charge in [-0.25, -0.2) is 4.79 Å². The number of carbonyl (C=O) groups is 1. The molecule has 1 saturated carbocycles. The molecule has 100 valence electrons. The molecule has 6 nitrogen and oxygen atoms in total. The molecule has 0 spiro atoms. The van der Waals surface area contributed by atoms with Gasteiger partial charge in [0.25, 0.3) is 5.56 Å². The third-order valence-electron chi connectivity index (χ3n) is 3.33. The first-order valence-electron chi connectivity index (χ1n) is 6.06. The zero-order chi connectivity index (χ0) is 13.9. The molecule has 1 aliphatic carbocycles. The lowest BCUT2D eigenvalue weighted by atomic mass is 9.81. The summed E-state index contributed by atoms with van der Waals surface area (Å²) in [5, 5.41) is 17.8. The Morgan fingerprint density at radius 2 is 2.32 bits per heavy atom. The first kappa shape index (κ1) is 13.3. The van der Waals surface area contributed by atoms with Crippen molar-refractivity contribution in [3.63, 3.8) is 0 Å². The van der Waals surface area contributed by atoms with Gasteiger partial charge in [0.15, 0.2) is 5.60 Å². The van der Waals surface area contributed by atoms with Crippen molar-refractivity contribution in [1.29, 1.82) is 5.26 Å². The van der Waals surface area contributed by atoms with Gasteiger partial charge < -0.3 is 14.4 Å². The molecular formula is C13H14N2O4. The normalized spacial score (nSPS) is 16.4. The molecule has 0 aromatic carbocycles. The van der Waals surface area contributed by atoms with Crippen molar-refractivity contribution in [2.45, 2.75) is 31.4 Å². The van der Waals surface area contributed by atoms with Gasteiger partial charge in [-0.1, -0.05) is 0 Å². The lowest BCUT2D eigenvalue weighted by Gasteiger charge is -2.34. The molecule has 0 unspecified atom stereocenters. The van der Waals surface area contributed by atoms with Crippen LogP contribution in [0.2, 0.25) is 0 Å². The molecule has 1 fully saturated rings. The van der Waals surface area contributed by atoms with Crippen LogP contribution in [0.5, 0.6) is 0 Å². The highest BCUT2D eigenvalue weighted by Crippen LogP contribution is 2.34. The molecule has 1 aromatic heterocycles. The second-order valence-electron chi connectivity index (χ2n) is 4.53. The maximum Gasteiger partial charge on any atom is 0.341 e. The number of aromatic carboxylic acids is 1. The van der Waals surface area contributed by atoms with Gasteiger partial charge in [0.2, 0.25) is 0 Å². The van der Waals surface area contributed by atoms with Crippen LogP contribution in [0.1, 0.15) is 29.6 Å². The minimum atomic E-state index is -1.24. The summed E-state index contributed by atoms with van der Waals surface area (Å²) in [6, 6.07) is 4.92. The fourth-order valence-electron chi connectivity index (χ4n) is 2.00. The molecule has 19 heavy (non-hydrogen) atoms. The Morgan fingerprint density at radius 3 is 2.84 bits per heavy atom. The van der Waals surface area contributed by atoms with E-state index in [1.165, 1.54) is 22.9 Å². The fourth-order valence-corrected chi connectivity index (χ4v) is 2.00. The van der Waals surface area contributed by atoms with Crippen molar-refractivity contribution in [2.75, 3.05) is 6.61 Å². The first-order chi connectivity index (χ1) is 9.08. The number of hydrogen-bond acceptors (Lipinski definition) is 4. The summed E-state index contributed by atoms with van der Waals surface area (Å²) in [6.45, 7) is 0.458. The number of nitriles is 1. The molecule has 1 aromatic rings. The minimum absolute atomic E-state index is 0.219. The van der Waals surface area contributed by atoms with Crippen LogP contribution in [-0.2, 0) is 11.3 Å². The Labute approximate surface area is 109 Å². The van der Waals surface area contributed by atoms with E-state index in [9.17, 15) is 9.59 Å². The third kappa shape index (κ3) is 2.66. The van der Waals surface area contributed by atoms with Crippen molar-refractivity contribution in [3.05, 3.63) is 34.2 Å². The minimum Gasteiger partial charge on any atom is -0.477 e. The molecule has 6 heteroatoms. The van der Waals surface area contributed by atoms with Gasteiger partial charge in [-0.3, -0.25) is 4.79 Å². The summed E-state index contributed by atoms with van der Waals surface area (Å²) in [7, 11) is 0. The number of nitrogens with zero attached hydrogens (tertiary/aromatic N) is 2. The lowest BCUT2D eigenvalue weighted by Crippen LogP contribution is -2.39. The molecule has 0 bridgehead atoms. The number of carboxylic acids is 1. The summed E-state index contributed by atoms with van der Waals surface area (Å²) >= 11 is 0. The molecule has 0 amide bonds. The highest BCUT2D eigenvalue weighted by Gasteiger charge is 2.38.